The number of aromatic nitrogens is 2. The number of rotatable bonds is 4. The Morgan fingerprint density at radius 1 is 1.39 bits per heavy atom. The molecule has 1 saturated heterocycles. The van der Waals surface area contributed by atoms with Gasteiger partial charge in [0, 0.05) is 36.6 Å². The average Bonchev–Trinajstić information content (AvgIpc) is 3.06. The monoisotopic (exact) mass is 332 g/mol. The van der Waals surface area contributed by atoms with Crippen LogP contribution in [0.4, 0.5) is 0 Å². The van der Waals surface area contributed by atoms with Crippen molar-refractivity contribution in [3.63, 3.8) is 0 Å². The zero-order chi connectivity index (χ0) is 16.3. The van der Waals surface area contributed by atoms with Crippen molar-refractivity contribution in [2.24, 2.45) is 5.73 Å². The zero-order valence-corrected chi connectivity index (χ0v) is 13.8. The first kappa shape index (κ1) is 16.0. The number of pyridine rings is 1. The summed E-state index contributed by atoms with van der Waals surface area (Å²) in [4.78, 5) is 21.1. The van der Waals surface area contributed by atoms with E-state index in [0.717, 1.165) is 16.3 Å². The molecule has 0 bridgehead atoms. The summed E-state index contributed by atoms with van der Waals surface area (Å²) in [5.74, 6) is -0.131. The second-order valence-electron chi connectivity index (χ2n) is 5.77. The standard InChI is InChI=1S/C16H20N4O2S/c1-11(19-15(21)16(17)4-8-22-9-5-16)14-20-13(10-23-14)12-2-6-18-7-3-12/h2-3,6-7,10-11H,4-5,8-9,17H2,1H3,(H,19,21). The second kappa shape index (κ2) is 6.74. The van der Waals surface area contributed by atoms with Crippen LogP contribution in [0.25, 0.3) is 11.3 Å². The number of hydrogen-bond donors (Lipinski definition) is 2. The summed E-state index contributed by atoms with van der Waals surface area (Å²) in [5.41, 5.74) is 7.28. The van der Waals surface area contributed by atoms with Gasteiger partial charge in [0.2, 0.25) is 5.91 Å². The van der Waals surface area contributed by atoms with Crippen LogP contribution in [0.3, 0.4) is 0 Å². The summed E-state index contributed by atoms with van der Waals surface area (Å²) in [5, 5.41) is 5.84. The minimum atomic E-state index is -0.836. The number of carbonyl (C=O) groups excluding carboxylic acids is 1. The molecular weight excluding hydrogens is 312 g/mol. The summed E-state index contributed by atoms with van der Waals surface area (Å²) < 4.78 is 5.28. The van der Waals surface area contributed by atoms with Gasteiger partial charge in [-0.1, -0.05) is 0 Å². The Morgan fingerprint density at radius 2 is 2.09 bits per heavy atom. The van der Waals surface area contributed by atoms with Gasteiger partial charge in [-0.3, -0.25) is 9.78 Å². The van der Waals surface area contributed by atoms with Crippen molar-refractivity contribution in [2.75, 3.05) is 13.2 Å². The SMILES string of the molecule is CC(NC(=O)C1(N)CCOCC1)c1nc(-c2ccncc2)cs1. The van der Waals surface area contributed by atoms with Crippen LogP contribution in [0.1, 0.15) is 30.8 Å². The Balaban J connectivity index is 1.68. The van der Waals surface area contributed by atoms with Crippen LogP contribution in [-0.2, 0) is 9.53 Å². The summed E-state index contributed by atoms with van der Waals surface area (Å²) in [6.45, 7) is 2.99. The van der Waals surface area contributed by atoms with E-state index in [9.17, 15) is 4.79 Å². The second-order valence-corrected chi connectivity index (χ2v) is 6.66. The first-order valence-electron chi connectivity index (χ1n) is 7.62. The lowest BCUT2D eigenvalue weighted by Crippen LogP contribution is -2.57. The Hall–Kier alpha value is -1.83. The normalized spacial score (nSPS) is 18.3. The molecule has 7 heteroatoms. The van der Waals surface area contributed by atoms with Gasteiger partial charge in [0.05, 0.1) is 17.3 Å². The fourth-order valence-corrected chi connectivity index (χ4v) is 3.34. The van der Waals surface area contributed by atoms with E-state index in [0.29, 0.717) is 26.1 Å². The van der Waals surface area contributed by atoms with E-state index < -0.39 is 5.54 Å². The highest BCUT2D eigenvalue weighted by Crippen LogP contribution is 2.26. The quantitative estimate of drug-likeness (QED) is 0.892. The molecule has 23 heavy (non-hydrogen) atoms. The molecule has 3 rings (SSSR count). The van der Waals surface area contributed by atoms with Crippen LogP contribution < -0.4 is 11.1 Å². The van der Waals surface area contributed by atoms with Crippen LogP contribution in [-0.4, -0.2) is 34.6 Å². The van der Waals surface area contributed by atoms with Crippen molar-refractivity contribution in [1.29, 1.82) is 0 Å². The van der Waals surface area contributed by atoms with Gasteiger partial charge in [0.25, 0.3) is 0 Å². The first-order valence-corrected chi connectivity index (χ1v) is 8.50. The molecule has 6 nitrogen and oxygen atoms in total. The van der Waals surface area contributed by atoms with E-state index in [4.69, 9.17) is 10.5 Å². The third-order valence-corrected chi connectivity index (χ3v) is 5.08. The van der Waals surface area contributed by atoms with E-state index in [1.807, 2.05) is 24.4 Å². The van der Waals surface area contributed by atoms with Gasteiger partial charge in [-0.15, -0.1) is 11.3 Å². The number of nitrogens with two attached hydrogens (primary N) is 1. The molecule has 0 saturated carbocycles. The van der Waals surface area contributed by atoms with E-state index >= 15 is 0 Å². The van der Waals surface area contributed by atoms with Crippen LogP contribution in [0.15, 0.2) is 29.9 Å². The van der Waals surface area contributed by atoms with Crippen LogP contribution in [0.5, 0.6) is 0 Å². The molecule has 1 unspecified atom stereocenters. The molecule has 2 aromatic rings. The third-order valence-electron chi connectivity index (χ3n) is 4.05. The average molecular weight is 332 g/mol. The molecule has 0 aliphatic carbocycles. The molecule has 1 aliphatic heterocycles. The molecule has 3 heterocycles. The number of nitrogens with zero attached hydrogens (tertiary/aromatic N) is 2. The molecular formula is C16H20N4O2S. The topological polar surface area (TPSA) is 90.1 Å². The van der Waals surface area contributed by atoms with Gasteiger partial charge < -0.3 is 15.8 Å². The summed E-state index contributed by atoms with van der Waals surface area (Å²) in [6.07, 6.45) is 4.57. The summed E-state index contributed by atoms with van der Waals surface area (Å²) in [7, 11) is 0. The van der Waals surface area contributed by atoms with E-state index in [1.54, 1.807) is 12.4 Å². The highest BCUT2D eigenvalue weighted by Gasteiger charge is 2.36. The molecule has 1 fully saturated rings. The number of ether oxygens (including phenoxy) is 1. The molecule has 0 radical (unpaired) electrons. The van der Waals surface area contributed by atoms with E-state index in [1.165, 1.54) is 11.3 Å². The van der Waals surface area contributed by atoms with E-state index in [-0.39, 0.29) is 11.9 Å². The molecule has 1 aliphatic rings. The van der Waals surface area contributed by atoms with Gasteiger partial charge in [-0.05, 0) is 31.9 Å². The van der Waals surface area contributed by atoms with Gasteiger partial charge in [0.1, 0.15) is 5.01 Å². The summed E-state index contributed by atoms with van der Waals surface area (Å²) >= 11 is 1.53. The van der Waals surface area contributed by atoms with Gasteiger partial charge in [-0.2, -0.15) is 0 Å². The van der Waals surface area contributed by atoms with Gasteiger partial charge in [-0.25, -0.2) is 4.98 Å². The van der Waals surface area contributed by atoms with Gasteiger partial charge in [0.15, 0.2) is 0 Å². The maximum absolute atomic E-state index is 12.5. The van der Waals surface area contributed by atoms with Crippen molar-refractivity contribution >= 4 is 17.2 Å². The largest absolute Gasteiger partial charge is 0.381 e. The van der Waals surface area contributed by atoms with Crippen molar-refractivity contribution in [3.8, 4) is 11.3 Å². The zero-order valence-electron chi connectivity index (χ0n) is 13.0. The maximum Gasteiger partial charge on any atom is 0.240 e. The molecule has 3 N–H and O–H groups in total. The molecule has 1 atom stereocenters. The number of thiazole rings is 1. The van der Waals surface area contributed by atoms with Gasteiger partial charge >= 0.3 is 0 Å². The smallest absolute Gasteiger partial charge is 0.240 e. The van der Waals surface area contributed by atoms with Crippen LogP contribution in [0.2, 0.25) is 0 Å². The molecule has 0 spiro atoms. The van der Waals surface area contributed by atoms with Crippen LogP contribution >= 0.6 is 11.3 Å². The number of carbonyl (C=O) groups is 1. The minimum Gasteiger partial charge on any atom is -0.381 e. The minimum absolute atomic E-state index is 0.131. The third kappa shape index (κ3) is 3.57. The molecule has 1 amide bonds. The lowest BCUT2D eigenvalue weighted by molar-refractivity contribution is -0.130. The number of nitrogens with one attached hydrogen (secondary N) is 1. The van der Waals surface area contributed by atoms with Crippen molar-refractivity contribution in [1.82, 2.24) is 15.3 Å². The fraction of sp³-hybridized carbons (Fsp3) is 0.438. The Bertz CT molecular complexity index is 668. The predicted molar refractivity (Wildman–Crippen MR) is 88.9 cm³/mol. The fourth-order valence-electron chi connectivity index (χ4n) is 2.51. The Labute approximate surface area is 139 Å². The summed E-state index contributed by atoms with van der Waals surface area (Å²) in [6, 6.07) is 3.66. The van der Waals surface area contributed by atoms with Crippen molar-refractivity contribution in [3.05, 3.63) is 34.9 Å². The molecule has 2 aromatic heterocycles. The van der Waals surface area contributed by atoms with Crippen molar-refractivity contribution < 1.29 is 9.53 Å². The van der Waals surface area contributed by atoms with Crippen molar-refractivity contribution in [2.45, 2.75) is 31.3 Å². The predicted octanol–water partition coefficient (Wildman–Crippen LogP) is 1.89. The van der Waals surface area contributed by atoms with Crippen LogP contribution in [0, 0.1) is 0 Å². The van der Waals surface area contributed by atoms with E-state index in [2.05, 4.69) is 15.3 Å². The highest BCUT2D eigenvalue weighted by atomic mass is 32.1. The number of hydrogen-bond acceptors (Lipinski definition) is 6. The molecule has 0 aromatic carbocycles. The number of amides is 1. The highest BCUT2D eigenvalue weighted by molar-refractivity contribution is 7.10. The lowest BCUT2D eigenvalue weighted by Gasteiger charge is -2.32. The maximum atomic E-state index is 12.5. The Morgan fingerprint density at radius 3 is 2.78 bits per heavy atom. The first-order chi connectivity index (χ1) is 11.1. The Kier molecular flexibility index (Phi) is 4.70. The molecule has 122 valence electrons. The lowest BCUT2D eigenvalue weighted by atomic mass is 9.90.